The van der Waals surface area contributed by atoms with E-state index in [1.807, 2.05) is 19.1 Å². The number of fused-ring (bicyclic) bond motifs is 1. The number of non-ortho nitro benzene ring substituents is 1. The Labute approximate surface area is 276 Å². The molecular formula is C33H30BrN3O8S. The minimum Gasteiger partial charge on any atom is -0.494 e. The maximum absolute atomic E-state index is 14.2. The second kappa shape index (κ2) is 14.1. The van der Waals surface area contributed by atoms with Gasteiger partial charge in [0.15, 0.2) is 16.3 Å². The number of methoxy groups -OCH3 is 1. The molecule has 0 bridgehead atoms. The van der Waals surface area contributed by atoms with Crippen molar-refractivity contribution in [3.63, 3.8) is 0 Å². The van der Waals surface area contributed by atoms with Crippen molar-refractivity contribution in [2.45, 2.75) is 33.4 Å². The van der Waals surface area contributed by atoms with Crippen LogP contribution in [-0.4, -0.2) is 35.8 Å². The first-order chi connectivity index (χ1) is 22.1. The summed E-state index contributed by atoms with van der Waals surface area (Å²) in [5, 5.41) is 11.0. The Kier molecular flexibility index (Phi) is 10.0. The quantitative estimate of drug-likeness (QED) is 0.114. The van der Waals surface area contributed by atoms with Crippen molar-refractivity contribution >= 4 is 45.0 Å². The normalized spacial score (nSPS) is 14.4. The number of nitro benzene ring substituents is 1. The molecule has 1 aliphatic heterocycles. The highest BCUT2D eigenvalue weighted by Gasteiger charge is 2.33. The summed E-state index contributed by atoms with van der Waals surface area (Å²) in [4.78, 5) is 43.0. The van der Waals surface area contributed by atoms with E-state index >= 15 is 0 Å². The Morgan fingerprint density at radius 2 is 1.80 bits per heavy atom. The van der Waals surface area contributed by atoms with Gasteiger partial charge in [-0.3, -0.25) is 19.5 Å². The summed E-state index contributed by atoms with van der Waals surface area (Å²) in [7, 11) is 1.51. The van der Waals surface area contributed by atoms with Gasteiger partial charge in [-0.05, 0) is 74.4 Å². The van der Waals surface area contributed by atoms with Gasteiger partial charge < -0.3 is 18.9 Å². The number of esters is 1. The fourth-order valence-corrected chi connectivity index (χ4v) is 6.52. The number of carbonyl (C=O) groups is 1. The minimum absolute atomic E-state index is 0.0223. The van der Waals surface area contributed by atoms with E-state index < -0.39 is 16.9 Å². The smallest absolute Gasteiger partial charge is 0.338 e. The number of allylic oxidation sites excluding steroid dienone is 1. The molecule has 238 valence electrons. The number of nitro groups is 1. The van der Waals surface area contributed by atoms with E-state index in [0.717, 1.165) is 0 Å². The SMILES string of the molecule is CCOC(=O)C1=C(C)N=c2s/c(=C\c3cc(Br)cc(OC)c3OCc3ccc([N+](=O)[O-])cc3)c(=O)n2[C@H]1c1ccc(OCC)cc1. The van der Waals surface area contributed by atoms with Crippen molar-refractivity contribution in [1.82, 2.24) is 4.57 Å². The van der Waals surface area contributed by atoms with Crippen LogP contribution in [0.1, 0.15) is 43.5 Å². The Morgan fingerprint density at radius 1 is 1.09 bits per heavy atom. The van der Waals surface area contributed by atoms with Gasteiger partial charge >= 0.3 is 5.97 Å². The molecule has 2 heterocycles. The Bertz CT molecular complexity index is 2000. The molecule has 0 radical (unpaired) electrons. The van der Waals surface area contributed by atoms with Crippen LogP contribution in [0.4, 0.5) is 5.69 Å². The van der Waals surface area contributed by atoms with Crippen LogP contribution < -0.4 is 29.1 Å². The van der Waals surface area contributed by atoms with Gasteiger partial charge in [0.05, 0.1) is 47.1 Å². The molecule has 46 heavy (non-hydrogen) atoms. The molecule has 0 N–H and O–H groups in total. The average molecular weight is 709 g/mol. The number of hydrogen-bond donors (Lipinski definition) is 0. The van der Waals surface area contributed by atoms with E-state index in [9.17, 15) is 19.7 Å². The number of aromatic nitrogens is 1. The van der Waals surface area contributed by atoms with Crippen molar-refractivity contribution < 1.29 is 28.7 Å². The average Bonchev–Trinajstić information content (AvgIpc) is 3.34. The largest absolute Gasteiger partial charge is 0.494 e. The van der Waals surface area contributed by atoms with E-state index in [-0.39, 0.29) is 30.0 Å². The molecule has 0 spiro atoms. The molecule has 13 heteroatoms. The molecule has 3 aromatic carbocycles. The zero-order valence-electron chi connectivity index (χ0n) is 25.4. The summed E-state index contributed by atoms with van der Waals surface area (Å²) in [6.07, 6.45) is 1.70. The third-order valence-corrected chi connectivity index (χ3v) is 8.55. The molecule has 5 rings (SSSR count). The molecule has 0 saturated carbocycles. The standard InChI is InChI=1S/C33H30BrN3O8S/c1-5-43-25-13-9-21(10-14-25)29-28(32(39)44-6-2)19(3)35-33-36(29)31(38)27(46-33)16-22-15-23(34)17-26(42-4)30(22)45-18-20-7-11-24(12-8-20)37(40)41/h7-17,29H,5-6,18H2,1-4H3/b27-16-/t29-/m0/s1. The molecule has 0 aliphatic carbocycles. The first kappa shape index (κ1) is 32.6. The lowest BCUT2D eigenvalue weighted by atomic mass is 9.96. The molecular weight excluding hydrogens is 678 g/mol. The maximum Gasteiger partial charge on any atom is 0.338 e. The number of thiazole rings is 1. The van der Waals surface area contributed by atoms with E-state index in [2.05, 4.69) is 20.9 Å². The van der Waals surface area contributed by atoms with Gasteiger partial charge in [-0.1, -0.05) is 39.4 Å². The van der Waals surface area contributed by atoms with Crippen LogP contribution >= 0.6 is 27.3 Å². The molecule has 0 unspecified atom stereocenters. The highest BCUT2D eigenvalue weighted by molar-refractivity contribution is 9.10. The minimum atomic E-state index is -0.775. The first-order valence-electron chi connectivity index (χ1n) is 14.3. The van der Waals surface area contributed by atoms with Gasteiger partial charge in [0.1, 0.15) is 12.4 Å². The van der Waals surface area contributed by atoms with Crippen LogP contribution in [0.25, 0.3) is 6.08 Å². The highest BCUT2D eigenvalue weighted by Crippen LogP contribution is 2.36. The van der Waals surface area contributed by atoms with E-state index in [4.69, 9.17) is 18.9 Å². The molecule has 0 saturated heterocycles. The van der Waals surface area contributed by atoms with Crippen LogP contribution in [0.15, 0.2) is 86.2 Å². The fraction of sp³-hybridized carbons (Fsp3) is 0.242. The summed E-state index contributed by atoms with van der Waals surface area (Å²) in [5.41, 5.74) is 2.32. The number of ether oxygens (including phenoxy) is 4. The van der Waals surface area contributed by atoms with Crippen molar-refractivity contribution in [1.29, 1.82) is 0 Å². The summed E-state index contributed by atoms with van der Waals surface area (Å²) >= 11 is 4.70. The Hall–Kier alpha value is -4.75. The second-order valence-corrected chi connectivity index (χ2v) is 12.0. The van der Waals surface area contributed by atoms with Gasteiger partial charge in [0.2, 0.25) is 0 Å². The topological polar surface area (TPSA) is 131 Å². The molecule has 1 aromatic heterocycles. The van der Waals surface area contributed by atoms with E-state index in [0.29, 0.717) is 60.0 Å². The molecule has 0 fully saturated rings. The summed E-state index contributed by atoms with van der Waals surface area (Å²) < 4.78 is 25.3. The second-order valence-electron chi connectivity index (χ2n) is 10.0. The molecule has 4 aromatic rings. The van der Waals surface area contributed by atoms with Gasteiger partial charge in [0, 0.05) is 22.2 Å². The third kappa shape index (κ3) is 6.75. The highest BCUT2D eigenvalue weighted by atomic mass is 79.9. The van der Waals surface area contributed by atoms with Crippen molar-refractivity contribution in [3.8, 4) is 17.2 Å². The van der Waals surface area contributed by atoms with Crippen molar-refractivity contribution in [2.75, 3.05) is 20.3 Å². The number of benzene rings is 3. The number of nitrogens with zero attached hydrogens (tertiary/aromatic N) is 3. The summed E-state index contributed by atoms with van der Waals surface area (Å²) in [6.45, 7) is 6.11. The number of halogens is 1. The number of hydrogen-bond acceptors (Lipinski definition) is 10. The third-order valence-electron chi connectivity index (χ3n) is 7.11. The van der Waals surface area contributed by atoms with Crippen molar-refractivity contribution in [3.05, 3.63) is 123 Å². The molecule has 1 aliphatic rings. The Balaban J connectivity index is 1.62. The first-order valence-corrected chi connectivity index (χ1v) is 15.9. The number of carbonyl (C=O) groups excluding carboxylic acids is 1. The maximum atomic E-state index is 14.2. The van der Waals surface area contributed by atoms with Crippen LogP contribution in [-0.2, 0) is 16.1 Å². The predicted octanol–water partition coefficient (Wildman–Crippen LogP) is 5.46. The van der Waals surface area contributed by atoms with Crippen LogP contribution in [0, 0.1) is 10.1 Å². The lowest BCUT2D eigenvalue weighted by Gasteiger charge is -2.24. The molecule has 0 amide bonds. The summed E-state index contributed by atoms with van der Waals surface area (Å²) in [5.74, 6) is 0.918. The lowest BCUT2D eigenvalue weighted by molar-refractivity contribution is -0.384. The monoisotopic (exact) mass is 707 g/mol. The lowest BCUT2D eigenvalue weighted by Crippen LogP contribution is -2.39. The summed E-state index contributed by atoms with van der Waals surface area (Å²) in [6, 6.07) is 16.1. The zero-order chi connectivity index (χ0) is 33.0. The zero-order valence-corrected chi connectivity index (χ0v) is 27.8. The molecule has 1 atom stereocenters. The van der Waals surface area contributed by atoms with Crippen molar-refractivity contribution in [2.24, 2.45) is 4.99 Å². The van der Waals surface area contributed by atoms with Crippen LogP contribution in [0.5, 0.6) is 17.2 Å². The van der Waals surface area contributed by atoms with Gasteiger partial charge in [-0.25, -0.2) is 9.79 Å². The van der Waals surface area contributed by atoms with Crippen LogP contribution in [0.2, 0.25) is 0 Å². The van der Waals surface area contributed by atoms with E-state index in [1.54, 1.807) is 56.3 Å². The molecule has 11 nitrogen and oxygen atoms in total. The Morgan fingerprint density at radius 3 is 2.43 bits per heavy atom. The predicted molar refractivity (Wildman–Crippen MR) is 176 cm³/mol. The van der Waals surface area contributed by atoms with Gasteiger partial charge in [-0.2, -0.15) is 0 Å². The fourth-order valence-electron chi connectivity index (χ4n) is 5.03. The van der Waals surface area contributed by atoms with Crippen LogP contribution in [0.3, 0.4) is 0 Å². The van der Waals surface area contributed by atoms with E-state index in [1.165, 1.54) is 35.1 Å². The van der Waals surface area contributed by atoms with Gasteiger partial charge in [0.25, 0.3) is 11.2 Å². The number of rotatable bonds is 11. The van der Waals surface area contributed by atoms with Gasteiger partial charge in [-0.15, -0.1) is 0 Å².